The Morgan fingerprint density at radius 2 is 1.79 bits per heavy atom. The molecule has 2 heterocycles. The molecule has 1 aliphatic heterocycles. The normalized spacial score (nSPS) is 17.5. The topological polar surface area (TPSA) is 59.4 Å². The molecular formula is C27H32N4O2. The van der Waals surface area contributed by atoms with Gasteiger partial charge in [-0.15, -0.1) is 0 Å². The standard InChI is InChI=1S/C27H32N4O2/c1-3-33-25(32)15-14-24-20-31(21-29-24)27(2,23-12-8-5-9-13-23)26(22-10-6-4-7-11-22)30-18-16-28-17-19-30/h4-15,20-21,26,28H,3,16-19H2,1-2H3. The fourth-order valence-corrected chi connectivity index (χ4v) is 4.71. The Balaban J connectivity index is 1.81. The molecule has 33 heavy (non-hydrogen) atoms. The van der Waals surface area contributed by atoms with Crippen LogP contribution in [0, 0.1) is 0 Å². The maximum Gasteiger partial charge on any atom is 0.330 e. The molecule has 172 valence electrons. The second-order valence-corrected chi connectivity index (χ2v) is 8.40. The zero-order chi connectivity index (χ0) is 23.1. The molecule has 1 N–H and O–H groups in total. The van der Waals surface area contributed by atoms with Gasteiger partial charge in [-0.3, -0.25) is 4.90 Å². The second kappa shape index (κ2) is 10.6. The van der Waals surface area contributed by atoms with Crippen LogP contribution >= 0.6 is 0 Å². The molecule has 0 bridgehead atoms. The van der Waals surface area contributed by atoms with Gasteiger partial charge in [0.2, 0.25) is 0 Å². The first kappa shape index (κ1) is 23.0. The van der Waals surface area contributed by atoms with E-state index in [1.165, 1.54) is 17.2 Å². The zero-order valence-electron chi connectivity index (χ0n) is 19.4. The number of nitrogens with zero attached hydrogens (tertiary/aromatic N) is 3. The predicted molar refractivity (Wildman–Crippen MR) is 131 cm³/mol. The molecule has 6 nitrogen and oxygen atoms in total. The van der Waals surface area contributed by atoms with E-state index in [1.54, 1.807) is 13.0 Å². The lowest BCUT2D eigenvalue weighted by Gasteiger charge is -2.47. The lowest BCUT2D eigenvalue weighted by Crippen LogP contribution is -2.52. The minimum atomic E-state index is -0.428. The van der Waals surface area contributed by atoms with E-state index in [0.717, 1.165) is 31.9 Å². The summed E-state index contributed by atoms with van der Waals surface area (Å²) in [7, 11) is 0. The van der Waals surface area contributed by atoms with Gasteiger partial charge in [-0.2, -0.15) is 0 Å². The summed E-state index contributed by atoms with van der Waals surface area (Å²) in [5.74, 6) is -0.360. The molecule has 2 unspecified atom stereocenters. The van der Waals surface area contributed by atoms with Crippen molar-refractivity contribution in [1.29, 1.82) is 0 Å². The van der Waals surface area contributed by atoms with Gasteiger partial charge in [0.1, 0.15) is 0 Å². The molecule has 0 aliphatic carbocycles. The fourth-order valence-electron chi connectivity index (χ4n) is 4.71. The molecule has 4 rings (SSSR count). The van der Waals surface area contributed by atoms with Crippen LogP contribution < -0.4 is 5.32 Å². The number of carbonyl (C=O) groups excluding carboxylic acids is 1. The van der Waals surface area contributed by atoms with Crippen molar-refractivity contribution in [3.8, 4) is 0 Å². The first-order valence-corrected chi connectivity index (χ1v) is 11.6. The second-order valence-electron chi connectivity index (χ2n) is 8.40. The van der Waals surface area contributed by atoms with E-state index in [1.807, 2.05) is 18.6 Å². The number of imidazole rings is 1. The number of carbonyl (C=O) groups is 1. The summed E-state index contributed by atoms with van der Waals surface area (Å²) in [6.07, 6.45) is 7.03. The Labute approximate surface area is 195 Å². The molecule has 0 radical (unpaired) electrons. The van der Waals surface area contributed by atoms with E-state index in [4.69, 9.17) is 4.74 Å². The number of piperazine rings is 1. The van der Waals surface area contributed by atoms with E-state index in [0.29, 0.717) is 6.61 Å². The summed E-state index contributed by atoms with van der Waals surface area (Å²) < 4.78 is 7.20. The van der Waals surface area contributed by atoms with Crippen molar-refractivity contribution in [2.75, 3.05) is 32.8 Å². The third kappa shape index (κ3) is 5.07. The van der Waals surface area contributed by atoms with E-state index < -0.39 is 5.54 Å². The highest BCUT2D eigenvalue weighted by Gasteiger charge is 2.42. The lowest BCUT2D eigenvalue weighted by atomic mass is 9.79. The molecule has 0 spiro atoms. The van der Waals surface area contributed by atoms with E-state index in [9.17, 15) is 4.79 Å². The van der Waals surface area contributed by atoms with Crippen molar-refractivity contribution in [1.82, 2.24) is 19.8 Å². The maximum absolute atomic E-state index is 11.8. The highest BCUT2D eigenvalue weighted by Crippen LogP contribution is 2.43. The first-order chi connectivity index (χ1) is 16.1. The number of nitrogens with one attached hydrogen (secondary N) is 1. The minimum Gasteiger partial charge on any atom is -0.463 e. The van der Waals surface area contributed by atoms with E-state index in [-0.39, 0.29) is 12.0 Å². The third-order valence-electron chi connectivity index (χ3n) is 6.34. The lowest BCUT2D eigenvalue weighted by molar-refractivity contribution is -0.137. The summed E-state index contributed by atoms with van der Waals surface area (Å²) in [5.41, 5.74) is 2.76. The van der Waals surface area contributed by atoms with Gasteiger partial charge in [0.15, 0.2) is 0 Å². The number of esters is 1. The van der Waals surface area contributed by atoms with Crippen LogP contribution in [0.1, 0.15) is 36.7 Å². The molecule has 1 fully saturated rings. The quantitative estimate of drug-likeness (QED) is 0.422. The Bertz CT molecular complexity index is 1060. The van der Waals surface area contributed by atoms with Gasteiger partial charge in [0, 0.05) is 38.5 Å². The monoisotopic (exact) mass is 444 g/mol. The molecule has 6 heteroatoms. The smallest absolute Gasteiger partial charge is 0.330 e. The van der Waals surface area contributed by atoms with Crippen LogP contribution in [0.15, 0.2) is 79.3 Å². The number of rotatable bonds is 8. The highest BCUT2D eigenvalue weighted by molar-refractivity contribution is 5.86. The molecule has 1 saturated heterocycles. The Morgan fingerprint density at radius 1 is 1.12 bits per heavy atom. The SMILES string of the molecule is CCOC(=O)C=Cc1cn(C(C)(c2ccccc2)C(c2ccccc2)N2CCNCC2)cn1. The molecule has 0 saturated carbocycles. The fraction of sp³-hybridized carbons (Fsp3) is 0.333. The van der Waals surface area contributed by atoms with Gasteiger partial charge in [0.05, 0.1) is 30.2 Å². The number of aromatic nitrogens is 2. The largest absolute Gasteiger partial charge is 0.463 e. The van der Waals surface area contributed by atoms with E-state index >= 15 is 0 Å². The summed E-state index contributed by atoms with van der Waals surface area (Å²) in [5, 5.41) is 3.48. The Morgan fingerprint density at radius 3 is 2.45 bits per heavy atom. The van der Waals surface area contributed by atoms with Crippen molar-refractivity contribution in [2.24, 2.45) is 0 Å². The average Bonchev–Trinajstić information content (AvgIpc) is 3.35. The molecule has 1 aromatic heterocycles. The van der Waals surface area contributed by atoms with Crippen molar-refractivity contribution < 1.29 is 9.53 Å². The molecule has 2 atom stereocenters. The van der Waals surface area contributed by atoms with Crippen LogP contribution in [0.3, 0.4) is 0 Å². The molecule has 1 aliphatic rings. The Kier molecular flexibility index (Phi) is 7.37. The minimum absolute atomic E-state index is 0.0966. The molecular weight excluding hydrogens is 412 g/mol. The van der Waals surface area contributed by atoms with Gasteiger partial charge >= 0.3 is 5.97 Å². The van der Waals surface area contributed by atoms with Crippen LogP contribution in [0.5, 0.6) is 0 Å². The van der Waals surface area contributed by atoms with Crippen LogP contribution in [-0.2, 0) is 15.1 Å². The molecule has 0 amide bonds. The van der Waals surface area contributed by atoms with Crippen LogP contribution in [0.4, 0.5) is 0 Å². The first-order valence-electron chi connectivity index (χ1n) is 11.6. The Hall–Kier alpha value is -3.22. The van der Waals surface area contributed by atoms with Gasteiger partial charge in [-0.25, -0.2) is 9.78 Å². The number of hydrogen-bond acceptors (Lipinski definition) is 5. The summed E-state index contributed by atoms with van der Waals surface area (Å²) in [6.45, 7) is 8.29. The number of hydrogen-bond donors (Lipinski definition) is 1. The molecule has 3 aromatic rings. The van der Waals surface area contributed by atoms with Crippen molar-refractivity contribution in [2.45, 2.75) is 25.4 Å². The van der Waals surface area contributed by atoms with Crippen molar-refractivity contribution in [3.05, 3.63) is 96.1 Å². The van der Waals surface area contributed by atoms with Crippen LogP contribution in [-0.4, -0.2) is 53.2 Å². The van der Waals surface area contributed by atoms with Gasteiger partial charge in [-0.1, -0.05) is 60.7 Å². The van der Waals surface area contributed by atoms with Gasteiger partial charge in [-0.05, 0) is 31.1 Å². The number of ether oxygens (including phenoxy) is 1. The van der Waals surface area contributed by atoms with Crippen molar-refractivity contribution in [3.63, 3.8) is 0 Å². The average molecular weight is 445 g/mol. The summed E-state index contributed by atoms with van der Waals surface area (Å²) in [6, 6.07) is 21.4. The predicted octanol–water partition coefficient (Wildman–Crippen LogP) is 3.87. The molecule has 2 aromatic carbocycles. The van der Waals surface area contributed by atoms with Crippen molar-refractivity contribution >= 4 is 12.0 Å². The summed E-state index contributed by atoms with van der Waals surface area (Å²) >= 11 is 0. The van der Waals surface area contributed by atoms with Crippen LogP contribution in [0.2, 0.25) is 0 Å². The van der Waals surface area contributed by atoms with Gasteiger partial charge in [0.25, 0.3) is 0 Å². The maximum atomic E-state index is 11.8. The summed E-state index contributed by atoms with van der Waals surface area (Å²) in [4.78, 5) is 18.9. The van der Waals surface area contributed by atoms with Crippen LogP contribution in [0.25, 0.3) is 6.08 Å². The zero-order valence-corrected chi connectivity index (χ0v) is 19.4. The van der Waals surface area contributed by atoms with Gasteiger partial charge < -0.3 is 14.6 Å². The number of benzene rings is 2. The highest BCUT2D eigenvalue weighted by atomic mass is 16.5. The van der Waals surface area contributed by atoms with E-state index in [2.05, 4.69) is 81.3 Å². The third-order valence-corrected chi connectivity index (χ3v) is 6.34.